The highest BCUT2D eigenvalue weighted by Crippen LogP contribution is 2.25. The molecule has 1 fully saturated rings. The van der Waals surface area contributed by atoms with Gasteiger partial charge in [0.15, 0.2) is 0 Å². The topological polar surface area (TPSA) is 20.3 Å². The highest BCUT2D eigenvalue weighted by atomic mass is 79.9. The van der Waals surface area contributed by atoms with E-state index in [2.05, 4.69) is 20.8 Å². The molecule has 1 aromatic rings. The molecule has 0 bridgehead atoms. The van der Waals surface area contributed by atoms with E-state index in [-0.39, 0.29) is 5.91 Å². The van der Waals surface area contributed by atoms with Gasteiger partial charge in [0.25, 0.3) is 5.91 Å². The smallest absolute Gasteiger partial charge is 0.264 e. The zero-order chi connectivity index (χ0) is 11.4. The molecule has 1 aliphatic heterocycles. The van der Waals surface area contributed by atoms with Crippen molar-refractivity contribution < 1.29 is 4.79 Å². The van der Waals surface area contributed by atoms with Gasteiger partial charge in [-0.3, -0.25) is 4.79 Å². The molecule has 1 amide bonds. The zero-order valence-corrected chi connectivity index (χ0v) is 11.6. The molecule has 2 nitrogen and oxygen atoms in total. The van der Waals surface area contributed by atoms with Crippen LogP contribution in [-0.2, 0) is 0 Å². The molecule has 4 heteroatoms. The van der Waals surface area contributed by atoms with E-state index in [1.54, 1.807) is 11.3 Å². The van der Waals surface area contributed by atoms with E-state index in [9.17, 15) is 4.79 Å². The summed E-state index contributed by atoms with van der Waals surface area (Å²) in [5.74, 6) is 0.229. The van der Waals surface area contributed by atoms with Gasteiger partial charge in [-0.2, -0.15) is 0 Å². The van der Waals surface area contributed by atoms with Gasteiger partial charge in [-0.25, -0.2) is 0 Å². The van der Waals surface area contributed by atoms with Gasteiger partial charge in [0.2, 0.25) is 0 Å². The van der Waals surface area contributed by atoms with Crippen LogP contribution in [0, 0.1) is 0 Å². The quantitative estimate of drug-likeness (QED) is 0.779. The van der Waals surface area contributed by atoms with E-state index >= 15 is 0 Å². The summed E-state index contributed by atoms with van der Waals surface area (Å²) >= 11 is 4.99. The monoisotopic (exact) mass is 301 g/mol. The minimum absolute atomic E-state index is 0.229. The second-order valence-corrected chi connectivity index (χ2v) is 5.84. The van der Waals surface area contributed by atoms with Crippen LogP contribution in [0.25, 0.3) is 0 Å². The molecule has 0 N–H and O–H groups in total. The van der Waals surface area contributed by atoms with Crippen molar-refractivity contribution >= 4 is 33.2 Å². The van der Waals surface area contributed by atoms with Crippen molar-refractivity contribution in [2.45, 2.75) is 31.7 Å². The summed E-state index contributed by atoms with van der Waals surface area (Å²) in [4.78, 5) is 15.2. The first kappa shape index (κ1) is 12.1. The summed E-state index contributed by atoms with van der Waals surface area (Å²) in [5.41, 5.74) is 0. The fourth-order valence-corrected chi connectivity index (χ4v) is 3.26. The molecule has 0 spiro atoms. The Morgan fingerprint density at radius 1 is 1.62 bits per heavy atom. The number of amides is 1. The third kappa shape index (κ3) is 2.66. The minimum Gasteiger partial charge on any atom is -0.335 e. The Kier molecular flexibility index (Phi) is 4.41. The predicted molar refractivity (Wildman–Crippen MR) is 71.4 cm³/mol. The van der Waals surface area contributed by atoms with Gasteiger partial charge in [0.05, 0.1) is 4.88 Å². The number of hydrogen-bond acceptors (Lipinski definition) is 2. The normalized spacial score (nSPS) is 20.3. The van der Waals surface area contributed by atoms with E-state index in [0.29, 0.717) is 6.04 Å². The SMILES string of the molecule is O=C(c1cccs1)N1CCCC1CCCBr. The first-order chi connectivity index (χ1) is 7.83. The molecule has 2 rings (SSSR count). The van der Waals surface area contributed by atoms with Crippen molar-refractivity contribution in [3.05, 3.63) is 22.4 Å². The van der Waals surface area contributed by atoms with Crippen LogP contribution in [0.5, 0.6) is 0 Å². The Labute approximate surface area is 109 Å². The van der Waals surface area contributed by atoms with E-state index in [0.717, 1.165) is 36.0 Å². The van der Waals surface area contributed by atoms with Crippen LogP contribution in [0.2, 0.25) is 0 Å². The van der Waals surface area contributed by atoms with Gasteiger partial charge in [-0.05, 0) is 37.1 Å². The molecular weight excluding hydrogens is 286 g/mol. The van der Waals surface area contributed by atoms with Gasteiger partial charge >= 0.3 is 0 Å². The molecule has 88 valence electrons. The van der Waals surface area contributed by atoms with Crippen molar-refractivity contribution in [2.75, 3.05) is 11.9 Å². The van der Waals surface area contributed by atoms with Crippen LogP contribution < -0.4 is 0 Å². The second-order valence-electron chi connectivity index (χ2n) is 4.10. The lowest BCUT2D eigenvalue weighted by molar-refractivity contribution is 0.0735. The molecule has 1 atom stereocenters. The number of hydrogen-bond donors (Lipinski definition) is 0. The summed E-state index contributed by atoms with van der Waals surface area (Å²) < 4.78 is 0. The summed E-state index contributed by atoms with van der Waals surface area (Å²) in [6, 6.07) is 4.33. The molecule has 1 aromatic heterocycles. The fourth-order valence-electron chi connectivity index (χ4n) is 2.26. The van der Waals surface area contributed by atoms with Crippen molar-refractivity contribution in [1.82, 2.24) is 4.90 Å². The Hall–Kier alpha value is -0.350. The number of halogens is 1. The minimum atomic E-state index is 0.229. The Morgan fingerprint density at radius 2 is 2.50 bits per heavy atom. The van der Waals surface area contributed by atoms with Crippen molar-refractivity contribution in [3.63, 3.8) is 0 Å². The van der Waals surface area contributed by atoms with Crippen LogP contribution in [0.15, 0.2) is 17.5 Å². The van der Waals surface area contributed by atoms with Crippen LogP contribution in [0.1, 0.15) is 35.4 Å². The largest absolute Gasteiger partial charge is 0.335 e. The van der Waals surface area contributed by atoms with Crippen LogP contribution in [0.3, 0.4) is 0 Å². The third-order valence-electron chi connectivity index (χ3n) is 3.04. The Balaban J connectivity index is 1.99. The number of carbonyl (C=O) groups is 1. The van der Waals surface area contributed by atoms with Crippen molar-refractivity contribution in [3.8, 4) is 0 Å². The molecule has 0 radical (unpaired) electrons. The Bertz CT molecular complexity index is 339. The second kappa shape index (κ2) is 5.82. The molecule has 0 saturated carbocycles. The maximum atomic E-state index is 12.2. The average molecular weight is 302 g/mol. The highest BCUT2D eigenvalue weighted by molar-refractivity contribution is 9.09. The number of rotatable bonds is 4. The summed E-state index contributed by atoms with van der Waals surface area (Å²) in [5, 5.41) is 3.00. The van der Waals surface area contributed by atoms with E-state index < -0.39 is 0 Å². The number of likely N-dealkylation sites (tertiary alicyclic amines) is 1. The molecule has 16 heavy (non-hydrogen) atoms. The molecular formula is C12H16BrNOS. The van der Waals surface area contributed by atoms with Gasteiger partial charge in [-0.1, -0.05) is 22.0 Å². The predicted octanol–water partition coefficient (Wildman–Crippen LogP) is 3.53. The van der Waals surface area contributed by atoms with E-state index in [4.69, 9.17) is 0 Å². The number of carbonyl (C=O) groups excluding carboxylic acids is 1. The van der Waals surface area contributed by atoms with E-state index in [1.807, 2.05) is 17.5 Å². The molecule has 1 saturated heterocycles. The first-order valence-corrected chi connectivity index (χ1v) is 7.73. The third-order valence-corrected chi connectivity index (χ3v) is 4.46. The molecule has 1 unspecified atom stereocenters. The van der Waals surface area contributed by atoms with Crippen molar-refractivity contribution in [1.29, 1.82) is 0 Å². The molecule has 2 heterocycles. The Morgan fingerprint density at radius 3 is 3.19 bits per heavy atom. The van der Waals surface area contributed by atoms with Crippen LogP contribution in [-0.4, -0.2) is 28.7 Å². The summed E-state index contributed by atoms with van der Waals surface area (Å²) in [6.07, 6.45) is 4.61. The van der Waals surface area contributed by atoms with Gasteiger partial charge < -0.3 is 4.90 Å². The molecule has 1 aliphatic rings. The first-order valence-electron chi connectivity index (χ1n) is 5.73. The number of nitrogens with zero attached hydrogens (tertiary/aromatic N) is 1. The summed E-state index contributed by atoms with van der Waals surface area (Å²) in [7, 11) is 0. The highest BCUT2D eigenvalue weighted by Gasteiger charge is 2.29. The summed E-state index contributed by atoms with van der Waals surface area (Å²) in [6.45, 7) is 0.934. The molecule has 0 aromatic carbocycles. The van der Waals surface area contributed by atoms with Gasteiger partial charge in [0, 0.05) is 17.9 Å². The maximum Gasteiger partial charge on any atom is 0.264 e. The standard InChI is InChI=1S/C12H16BrNOS/c13-7-1-4-10-5-2-8-14(10)12(15)11-6-3-9-16-11/h3,6,9-10H,1-2,4-5,7-8H2. The lowest BCUT2D eigenvalue weighted by Gasteiger charge is -2.23. The zero-order valence-electron chi connectivity index (χ0n) is 9.19. The van der Waals surface area contributed by atoms with E-state index in [1.165, 1.54) is 6.42 Å². The van der Waals surface area contributed by atoms with Gasteiger partial charge in [-0.15, -0.1) is 11.3 Å². The lowest BCUT2D eigenvalue weighted by Crippen LogP contribution is -2.35. The molecule has 0 aliphatic carbocycles. The maximum absolute atomic E-state index is 12.2. The number of thiophene rings is 1. The van der Waals surface area contributed by atoms with Crippen molar-refractivity contribution in [2.24, 2.45) is 0 Å². The lowest BCUT2D eigenvalue weighted by atomic mass is 10.1. The van der Waals surface area contributed by atoms with Crippen LogP contribution in [0.4, 0.5) is 0 Å². The fraction of sp³-hybridized carbons (Fsp3) is 0.583. The van der Waals surface area contributed by atoms with Gasteiger partial charge in [0.1, 0.15) is 0 Å². The number of alkyl halides is 1. The average Bonchev–Trinajstić information content (AvgIpc) is 2.96. The van der Waals surface area contributed by atoms with Crippen LogP contribution >= 0.6 is 27.3 Å².